The van der Waals surface area contributed by atoms with Crippen LogP contribution in [0.4, 0.5) is 15.8 Å². The number of nitrogens with zero attached hydrogens (tertiary/aromatic N) is 1. The second kappa shape index (κ2) is 5.43. The van der Waals surface area contributed by atoms with Gasteiger partial charge in [-0.05, 0) is 18.9 Å². The molecule has 0 saturated carbocycles. The summed E-state index contributed by atoms with van der Waals surface area (Å²) in [6, 6.07) is 3.44. The van der Waals surface area contributed by atoms with E-state index >= 15 is 0 Å². The van der Waals surface area contributed by atoms with Crippen LogP contribution < -0.4 is 5.32 Å². The number of nitro groups is 1. The molecule has 18 heavy (non-hydrogen) atoms. The second-order valence-electron chi connectivity index (χ2n) is 4.19. The first-order chi connectivity index (χ1) is 8.56. The molecule has 1 heterocycles. The molecule has 0 unspecified atom stereocenters. The molecular weight excluding hydrogens is 259 g/mol. The Labute approximate surface area is 106 Å². The largest absolute Gasteiger partial charge is 0.380 e. The van der Waals surface area contributed by atoms with E-state index in [4.69, 9.17) is 0 Å². The molecule has 0 spiro atoms. The third kappa shape index (κ3) is 3.04. The van der Waals surface area contributed by atoms with Gasteiger partial charge in [-0.3, -0.25) is 14.3 Å². The van der Waals surface area contributed by atoms with Crippen LogP contribution in [0.15, 0.2) is 18.2 Å². The van der Waals surface area contributed by atoms with Gasteiger partial charge < -0.3 is 5.32 Å². The molecule has 5 nitrogen and oxygen atoms in total. The number of hydrogen-bond donors (Lipinski definition) is 1. The molecule has 1 aliphatic rings. The van der Waals surface area contributed by atoms with E-state index in [9.17, 15) is 18.7 Å². The minimum Gasteiger partial charge on any atom is -0.380 e. The van der Waals surface area contributed by atoms with E-state index in [0.29, 0.717) is 24.3 Å². The van der Waals surface area contributed by atoms with Crippen LogP contribution in [0, 0.1) is 15.9 Å². The Kier molecular flexibility index (Phi) is 3.90. The maximum absolute atomic E-state index is 13.5. The smallest absolute Gasteiger partial charge is 0.271 e. The number of nitro benzene ring substituents is 1. The lowest BCUT2D eigenvalue weighted by atomic mass is 10.1. The van der Waals surface area contributed by atoms with Crippen LogP contribution in [0.25, 0.3) is 0 Å². The Balaban J connectivity index is 2.10. The van der Waals surface area contributed by atoms with Crippen molar-refractivity contribution in [2.24, 2.45) is 0 Å². The maximum atomic E-state index is 13.5. The Hall–Kier alpha value is -1.50. The molecule has 1 saturated heterocycles. The van der Waals surface area contributed by atoms with Gasteiger partial charge in [-0.1, -0.05) is 0 Å². The SMILES string of the molecule is O=[N+]([O-])c1ccc(F)c(NC2CCS(=O)CC2)c1. The summed E-state index contributed by atoms with van der Waals surface area (Å²) in [7, 11) is -0.778. The molecule has 0 aromatic heterocycles. The number of anilines is 1. The molecule has 1 N–H and O–H groups in total. The highest BCUT2D eigenvalue weighted by molar-refractivity contribution is 7.85. The van der Waals surface area contributed by atoms with E-state index < -0.39 is 21.5 Å². The first kappa shape index (κ1) is 12.9. The monoisotopic (exact) mass is 272 g/mol. The van der Waals surface area contributed by atoms with Crippen LogP contribution in [-0.4, -0.2) is 26.7 Å². The number of halogens is 1. The van der Waals surface area contributed by atoms with E-state index in [1.54, 1.807) is 0 Å². The van der Waals surface area contributed by atoms with E-state index in [2.05, 4.69) is 5.32 Å². The van der Waals surface area contributed by atoms with Crippen LogP contribution in [0.2, 0.25) is 0 Å². The minimum atomic E-state index is -0.778. The highest BCUT2D eigenvalue weighted by atomic mass is 32.2. The van der Waals surface area contributed by atoms with Crippen molar-refractivity contribution in [3.63, 3.8) is 0 Å². The van der Waals surface area contributed by atoms with Crippen molar-refractivity contribution in [3.05, 3.63) is 34.1 Å². The maximum Gasteiger partial charge on any atom is 0.271 e. The second-order valence-corrected chi connectivity index (χ2v) is 5.88. The molecule has 0 aliphatic carbocycles. The third-order valence-electron chi connectivity index (χ3n) is 2.91. The number of hydrogen-bond acceptors (Lipinski definition) is 4. The third-order valence-corrected chi connectivity index (χ3v) is 4.29. The van der Waals surface area contributed by atoms with E-state index in [1.807, 2.05) is 0 Å². The predicted molar refractivity (Wildman–Crippen MR) is 67.6 cm³/mol. The molecule has 0 amide bonds. The van der Waals surface area contributed by atoms with Gasteiger partial charge in [0.15, 0.2) is 0 Å². The van der Waals surface area contributed by atoms with Gasteiger partial charge in [0.25, 0.3) is 5.69 Å². The zero-order valence-corrected chi connectivity index (χ0v) is 10.4. The summed E-state index contributed by atoms with van der Waals surface area (Å²) in [5, 5.41) is 13.6. The molecule has 2 rings (SSSR count). The summed E-state index contributed by atoms with van der Waals surface area (Å²) in [5.41, 5.74) is 0.000156. The lowest BCUT2D eigenvalue weighted by Gasteiger charge is -2.23. The summed E-state index contributed by atoms with van der Waals surface area (Å²) in [5.74, 6) is 0.676. The van der Waals surface area contributed by atoms with E-state index in [0.717, 1.165) is 12.1 Å². The van der Waals surface area contributed by atoms with Gasteiger partial charge in [-0.25, -0.2) is 4.39 Å². The van der Waals surface area contributed by atoms with E-state index in [-0.39, 0.29) is 17.4 Å². The van der Waals surface area contributed by atoms with Crippen molar-refractivity contribution < 1.29 is 13.5 Å². The van der Waals surface area contributed by atoms with Crippen molar-refractivity contribution in [1.29, 1.82) is 0 Å². The molecule has 7 heteroatoms. The minimum absolute atomic E-state index is 0.0270. The standard InChI is InChI=1S/C11H13FN2O3S/c12-10-2-1-9(14(15)16)7-11(10)13-8-3-5-18(17)6-4-8/h1-2,7-8,13H,3-6H2. The van der Waals surface area contributed by atoms with Crippen LogP contribution in [0.1, 0.15) is 12.8 Å². The van der Waals surface area contributed by atoms with Gasteiger partial charge in [-0.2, -0.15) is 0 Å². The number of benzene rings is 1. The normalized spacial score (nSPS) is 23.6. The van der Waals surface area contributed by atoms with Crippen molar-refractivity contribution in [2.45, 2.75) is 18.9 Å². The van der Waals surface area contributed by atoms with Gasteiger partial charge in [0.2, 0.25) is 0 Å². The number of nitrogens with one attached hydrogen (secondary N) is 1. The average molecular weight is 272 g/mol. The molecular formula is C11H13FN2O3S. The molecule has 0 atom stereocenters. The fourth-order valence-corrected chi connectivity index (χ4v) is 3.19. The predicted octanol–water partition coefficient (Wildman–Crippen LogP) is 2.06. The van der Waals surface area contributed by atoms with Crippen LogP contribution in [0.3, 0.4) is 0 Å². The van der Waals surface area contributed by atoms with Crippen molar-refractivity contribution in [1.82, 2.24) is 0 Å². The van der Waals surface area contributed by atoms with Crippen molar-refractivity contribution >= 4 is 22.2 Å². The summed E-state index contributed by atoms with van der Waals surface area (Å²) < 4.78 is 24.7. The zero-order valence-electron chi connectivity index (χ0n) is 9.60. The summed E-state index contributed by atoms with van der Waals surface area (Å²) in [4.78, 5) is 10.1. The lowest BCUT2D eigenvalue weighted by molar-refractivity contribution is -0.384. The summed E-state index contributed by atoms with van der Waals surface area (Å²) in [6.45, 7) is 0. The topological polar surface area (TPSA) is 72.2 Å². The quantitative estimate of drug-likeness (QED) is 0.675. The number of non-ortho nitro benzene ring substituents is 1. The Morgan fingerprint density at radius 2 is 2.06 bits per heavy atom. The average Bonchev–Trinajstić information content (AvgIpc) is 2.34. The Morgan fingerprint density at radius 3 is 2.67 bits per heavy atom. The van der Waals surface area contributed by atoms with Crippen molar-refractivity contribution in [2.75, 3.05) is 16.8 Å². The van der Waals surface area contributed by atoms with Crippen molar-refractivity contribution in [3.8, 4) is 0 Å². The molecule has 1 aliphatic heterocycles. The molecule has 1 aromatic rings. The lowest BCUT2D eigenvalue weighted by Crippen LogP contribution is -2.29. The van der Waals surface area contributed by atoms with Gasteiger partial charge in [0, 0.05) is 40.5 Å². The molecule has 98 valence electrons. The highest BCUT2D eigenvalue weighted by Gasteiger charge is 2.19. The fourth-order valence-electron chi connectivity index (χ4n) is 1.90. The van der Waals surface area contributed by atoms with Crippen LogP contribution >= 0.6 is 0 Å². The molecule has 0 bridgehead atoms. The molecule has 0 radical (unpaired) electrons. The Morgan fingerprint density at radius 1 is 1.39 bits per heavy atom. The summed E-state index contributed by atoms with van der Waals surface area (Å²) >= 11 is 0. The first-order valence-electron chi connectivity index (χ1n) is 5.61. The van der Waals surface area contributed by atoms with Crippen LogP contribution in [-0.2, 0) is 10.8 Å². The van der Waals surface area contributed by atoms with Crippen LogP contribution in [0.5, 0.6) is 0 Å². The molecule has 1 aromatic carbocycles. The fraction of sp³-hybridized carbons (Fsp3) is 0.455. The van der Waals surface area contributed by atoms with E-state index in [1.165, 1.54) is 6.07 Å². The summed E-state index contributed by atoms with van der Waals surface area (Å²) in [6.07, 6.45) is 1.38. The first-order valence-corrected chi connectivity index (χ1v) is 7.10. The Bertz CT molecular complexity index is 485. The van der Waals surface area contributed by atoms with Gasteiger partial charge in [0.1, 0.15) is 5.82 Å². The highest BCUT2D eigenvalue weighted by Crippen LogP contribution is 2.24. The van der Waals surface area contributed by atoms with Gasteiger partial charge >= 0.3 is 0 Å². The zero-order chi connectivity index (χ0) is 13.1. The van der Waals surface area contributed by atoms with Gasteiger partial charge in [0.05, 0.1) is 10.6 Å². The number of rotatable bonds is 3. The van der Waals surface area contributed by atoms with Gasteiger partial charge in [-0.15, -0.1) is 0 Å². The molecule has 1 fully saturated rings.